The Kier molecular flexibility index (Phi) is 7.10. The predicted molar refractivity (Wildman–Crippen MR) is 215 cm³/mol. The lowest BCUT2D eigenvalue weighted by Gasteiger charge is -2.13. The quantitative estimate of drug-likeness (QED) is 0.172. The van der Waals surface area contributed by atoms with Gasteiger partial charge in [0.25, 0.3) is 0 Å². The number of aromatic nitrogens is 4. The Morgan fingerprint density at radius 3 is 1.04 bits per heavy atom. The van der Waals surface area contributed by atoms with Crippen LogP contribution in [0, 0.1) is 0 Å². The summed E-state index contributed by atoms with van der Waals surface area (Å²) in [6.07, 6.45) is 0. The number of fused-ring (bicyclic) bond motifs is 4. The van der Waals surface area contributed by atoms with Crippen molar-refractivity contribution < 1.29 is 0 Å². The van der Waals surface area contributed by atoms with Crippen LogP contribution in [-0.4, -0.2) is 19.9 Å². The highest BCUT2D eigenvalue weighted by atomic mass is 14.8. The maximum Gasteiger partial charge on any atom is 0.0894 e. The lowest BCUT2D eigenvalue weighted by Crippen LogP contribution is -1.96. The van der Waals surface area contributed by atoms with Crippen LogP contribution in [0.25, 0.3) is 99.8 Å². The van der Waals surface area contributed by atoms with Crippen LogP contribution in [0.15, 0.2) is 182 Å². The summed E-state index contributed by atoms with van der Waals surface area (Å²) in [4.78, 5) is 20.7. The Labute approximate surface area is 300 Å². The van der Waals surface area contributed by atoms with E-state index in [-0.39, 0.29) is 0 Å². The first kappa shape index (κ1) is 29.8. The van der Waals surface area contributed by atoms with Gasteiger partial charge in [0, 0.05) is 21.9 Å². The molecule has 0 radical (unpaired) electrons. The first-order chi connectivity index (χ1) is 25.8. The van der Waals surface area contributed by atoms with Crippen LogP contribution in [0.4, 0.5) is 0 Å². The predicted octanol–water partition coefficient (Wildman–Crippen LogP) is 12.2. The van der Waals surface area contributed by atoms with Crippen molar-refractivity contribution in [3.63, 3.8) is 0 Å². The molecule has 0 unspecified atom stereocenters. The summed E-state index contributed by atoms with van der Waals surface area (Å²) in [5.74, 6) is 0. The molecule has 6 aromatic carbocycles. The van der Waals surface area contributed by atoms with Crippen molar-refractivity contribution in [3.05, 3.63) is 182 Å². The Balaban J connectivity index is 1.07. The molecule has 4 nitrogen and oxygen atoms in total. The molecule has 0 N–H and O–H groups in total. The first-order valence-electron chi connectivity index (χ1n) is 17.5. The fraction of sp³-hybridized carbons (Fsp3) is 0. The second-order valence-corrected chi connectivity index (χ2v) is 13.0. The first-order valence-corrected chi connectivity index (χ1v) is 17.5. The highest BCUT2D eigenvalue weighted by Gasteiger charge is 2.16. The molecule has 4 heterocycles. The van der Waals surface area contributed by atoms with Gasteiger partial charge in [-0.25, -0.2) is 19.9 Å². The highest BCUT2D eigenvalue weighted by molar-refractivity contribution is 6.12. The summed E-state index contributed by atoms with van der Waals surface area (Å²) in [7, 11) is 0. The van der Waals surface area contributed by atoms with Crippen molar-refractivity contribution in [2.45, 2.75) is 0 Å². The number of hydrogen-bond donors (Lipinski definition) is 0. The van der Waals surface area contributed by atoms with Crippen LogP contribution in [-0.2, 0) is 0 Å². The minimum atomic E-state index is 0.778. The third-order valence-electron chi connectivity index (χ3n) is 9.82. The normalized spacial score (nSPS) is 11.5. The zero-order valence-electron chi connectivity index (χ0n) is 28.1. The highest BCUT2D eigenvalue weighted by Crippen LogP contribution is 2.38. The van der Waals surface area contributed by atoms with Gasteiger partial charge in [-0.15, -0.1) is 0 Å². The van der Waals surface area contributed by atoms with E-state index in [0.717, 1.165) is 78.2 Å². The third-order valence-corrected chi connectivity index (χ3v) is 9.82. The summed E-state index contributed by atoms with van der Waals surface area (Å²) in [6.45, 7) is 0. The molecule has 0 saturated heterocycles. The fourth-order valence-electron chi connectivity index (χ4n) is 7.38. The summed E-state index contributed by atoms with van der Waals surface area (Å²) >= 11 is 0. The van der Waals surface area contributed by atoms with Crippen molar-refractivity contribution in [1.82, 2.24) is 19.9 Å². The summed E-state index contributed by atoms with van der Waals surface area (Å²) in [6, 6.07) is 63.1. The summed E-state index contributed by atoms with van der Waals surface area (Å²) in [5, 5.41) is 6.94. The van der Waals surface area contributed by atoms with Gasteiger partial charge in [0.05, 0.1) is 45.2 Å². The van der Waals surface area contributed by atoms with E-state index in [1.807, 2.05) is 48.5 Å². The van der Waals surface area contributed by atoms with E-state index in [9.17, 15) is 0 Å². The molecule has 10 aromatic rings. The Morgan fingerprint density at radius 1 is 0.250 bits per heavy atom. The van der Waals surface area contributed by atoms with E-state index in [2.05, 4.69) is 133 Å². The standard InChI is InChI=1S/C48H30N4/c1-3-13-31(14-4-1)45-37-19-9-7-17-33(37)29-35-25-27-43(51-47(35)45)41-23-11-21-39(49-41)40-22-12-24-42(50-40)44-28-26-36-30-34-18-8-10-20-38(34)46(48(36)52-44)32-15-5-2-6-16-32/h1-30H. The van der Waals surface area contributed by atoms with Crippen LogP contribution >= 0.6 is 0 Å². The van der Waals surface area contributed by atoms with E-state index in [1.54, 1.807) is 0 Å². The minimum Gasteiger partial charge on any atom is -0.245 e. The lowest BCUT2D eigenvalue weighted by molar-refractivity contribution is 1.22. The van der Waals surface area contributed by atoms with Gasteiger partial charge in [-0.1, -0.05) is 133 Å². The largest absolute Gasteiger partial charge is 0.245 e. The number of benzene rings is 6. The molecule has 0 bridgehead atoms. The smallest absolute Gasteiger partial charge is 0.0894 e. The van der Waals surface area contributed by atoms with Gasteiger partial charge in [0.15, 0.2) is 0 Å². The number of nitrogens with zero attached hydrogens (tertiary/aromatic N) is 4. The van der Waals surface area contributed by atoms with Gasteiger partial charge < -0.3 is 0 Å². The molecule has 0 aliphatic carbocycles. The lowest BCUT2D eigenvalue weighted by atomic mass is 9.94. The summed E-state index contributed by atoms with van der Waals surface area (Å²) < 4.78 is 0. The molecular weight excluding hydrogens is 633 g/mol. The molecule has 0 saturated carbocycles. The molecule has 0 aliphatic rings. The third kappa shape index (κ3) is 5.17. The van der Waals surface area contributed by atoms with E-state index in [4.69, 9.17) is 19.9 Å². The molecular formula is C48H30N4. The molecule has 242 valence electrons. The van der Waals surface area contributed by atoms with Crippen LogP contribution in [0.5, 0.6) is 0 Å². The van der Waals surface area contributed by atoms with E-state index in [0.29, 0.717) is 0 Å². The van der Waals surface area contributed by atoms with Crippen LogP contribution in [0.2, 0.25) is 0 Å². The van der Waals surface area contributed by atoms with Gasteiger partial charge in [-0.3, -0.25) is 0 Å². The second kappa shape index (κ2) is 12.4. The maximum absolute atomic E-state index is 5.26. The molecule has 0 aliphatic heterocycles. The monoisotopic (exact) mass is 662 g/mol. The molecule has 52 heavy (non-hydrogen) atoms. The van der Waals surface area contributed by atoms with Crippen molar-refractivity contribution in [3.8, 4) is 56.4 Å². The van der Waals surface area contributed by atoms with Crippen LogP contribution in [0.1, 0.15) is 0 Å². The SMILES string of the molecule is c1ccc(-c2c3ccccc3cc3ccc(-c4cccc(-c5cccc(-c6ccc7cc8ccccc8c(-c8ccccc8)c7n6)n5)n4)nc23)cc1. The van der Waals surface area contributed by atoms with Crippen LogP contribution < -0.4 is 0 Å². The van der Waals surface area contributed by atoms with Crippen molar-refractivity contribution in [1.29, 1.82) is 0 Å². The van der Waals surface area contributed by atoms with Gasteiger partial charge in [-0.2, -0.15) is 0 Å². The van der Waals surface area contributed by atoms with Crippen molar-refractivity contribution >= 4 is 43.4 Å². The topological polar surface area (TPSA) is 51.6 Å². The van der Waals surface area contributed by atoms with Crippen molar-refractivity contribution in [2.75, 3.05) is 0 Å². The molecule has 4 heteroatoms. The Hall–Kier alpha value is -7.04. The number of pyridine rings is 4. The molecule has 0 spiro atoms. The average molecular weight is 663 g/mol. The summed E-state index contributed by atoms with van der Waals surface area (Å²) in [5.41, 5.74) is 11.2. The number of rotatable bonds is 5. The molecule has 0 fully saturated rings. The maximum atomic E-state index is 5.26. The molecule has 0 amide bonds. The van der Waals surface area contributed by atoms with Crippen molar-refractivity contribution in [2.24, 2.45) is 0 Å². The average Bonchev–Trinajstić information content (AvgIpc) is 3.22. The Morgan fingerprint density at radius 2 is 0.615 bits per heavy atom. The number of hydrogen-bond acceptors (Lipinski definition) is 4. The zero-order chi connectivity index (χ0) is 34.4. The van der Waals surface area contributed by atoms with Crippen LogP contribution in [0.3, 0.4) is 0 Å². The molecule has 4 aromatic heterocycles. The second-order valence-electron chi connectivity index (χ2n) is 13.0. The van der Waals surface area contributed by atoms with Gasteiger partial charge in [-0.05, 0) is 81.2 Å². The van der Waals surface area contributed by atoms with Gasteiger partial charge in [0.1, 0.15) is 0 Å². The Bertz CT molecular complexity index is 2750. The van der Waals surface area contributed by atoms with E-state index < -0.39 is 0 Å². The van der Waals surface area contributed by atoms with E-state index >= 15 is 0 Å². The van der Waals surface area contributed by atoms with Gasteiger partial charge in [0.2, 0.25) is 0 Å². The van der Waals surface area contributed by atoms with Gasteiger partial charge >= 0.3 is 0 Å². The zero-order valence-corrected chi connectivity index (χ0v) is 28.1. The fourth-order valence-corrected chi connectivity index (χ4v) is 7.38. The molecule has 0 atom stereocenters. The molecule has 10 rings (SSSR count). The minimum absolute atomic E-state index is 0.778. The van der Waals surface area contributed by atoms with E-state index in [1.165, 1.54) is 21.5 Å².